The van der Waals surface area contributed by atoms with E-state index in [-0.39, 0.29) is 5.54 Å². The summed E-state index contributed by atoms with van der Waals surface area (Å²) in [5.74, 6) is 0. The van der Waals surface area contributed by atoms with Crippen LogP contribution in [-0.4, -0.2) is 43.8 Å². The zero-order valence-electron chi connectivity index (χ0n) is 10.3. The first-order chi connectivity index (χ1) is 7.25. The third-order valence-corrected chi connectivity index (χ3v) is 3.71. The number of unbranched alkanes of at least 4 members (excludes halogenated alkanes) is 2. The van der Waals surface area contributed by atoms with Gasteiger partial charge in [0.05, 0.1) is 0 Å². The Kier molecular flexibility index (Phi) is 5.58. The second-order valence-electron chi connectivity index (χ2n) is 4.67. The van der Waals surface area contributed by atoms with E-state index in [1.54, 1.807) is 0 Å². The Balaban J connectivity index is 2.40. The summed E-state index contributed by atoms with van der Waals surface area (Å²) in [6.45, 7) is 5.92. The molecular formula is C12H26N2O. The molecule has 0 atom stereocenters. The van der Waals surface area contributed by atoms with Gasteiger partial charge in [-0.2, -0.15) is 0 Å². The number of hydrogen-bond acceptors (Lipinski definition) is 3. The number of ether oxygens (including phenoxy) is 1. The summed E-state index contributed by atoms with van der Waals surface area (Å²) in [5, 5.41) is 0. The van der Waals surface area contributed by atoms with Crippen molar-refractivity contribution in [2.45, 2.75) is 44.6 Å². The standard InChI is InChI=1S/C12H26N2O/c1-3-4-5-8-14(2)12(11-13)6-9-15-10-7-12/h3-11,13H2,1-2H3. The van der Waals surface area contributed by atoms with Crippen LogP contribution in [0.2, 0.25) is 0 Å². The molecule has 0 aliphatic carbocycles. The molecule has 1 saturated heterocycles. The van der Waals surface area contributed by atoms with E-state index in [1.165, 1.54) is 25.8 Å². The second kappa shape index (κ2) is 6.46. The van der Waals surface area contributed by atoms with Gasteiger partial charge in [-0.15, -0.1) is 0 Å². The van der Waals surface area contributed by atoms with Crippen molar-refractivity contribution in [3.63, 3.8) is 0 Å². The van der Waals surface area contributed by atoms with Gasteiger partial charge in [0.25, 0.3) is 0 Å². The maximum Gasteiger partial charge on any atom is 0.0484 e. The zero-order chi connectivity index (χ0) is 11.1. The van der Waals surface area contributed by atoms with Gasteiger partial charge in [0, 0.05) is 25.3 Å². The molecule has 0 saturated carbocycles. The van der Waals surface area contributed by atoms with Crippen LogP contribution >= 0.6 is 0 Å². The molecule has 0 aromatic heterocycles. The third kappa shape index (κ3) is 3.44. The molecule has 1 aliphatic heterocycles. The highest BCUT2D eigenvalue weighted by Crippen LogP contribution is 2.26. The van der Waals surface area contributed by atoms with Crippen molar-refractivity contribution >= 4 is 0 Å². The van der Waals surface area contributed by atoms with Crippen LogP contribution in [-0.2, 0) is 4.74 Å². The minimum atomic E-state index is 0.214. The van der Waals surface area contributed by atoms with E-state index >= 15 is 0 Å². The molecule has 1 heterocycles. The molecule has 0 spiro atoms. The first-order valence-electron chi connectivity index (χ1n) is 6.24. The first kappa shape index (κ1) is 12.9. The molecule has 3 nitrogen and oxygen atoms in total. The van der Waals surface area contributed by atoms with Crippen molar-refractivity contribution in [2.24, 2.45) is 5.73 Å². The van der Waals surface area contributed by atoms with Crippen LogP contribution < -0.4 is 5.73 Å². The molecule has 0 bridgehead atoms. The lowest BCUT2D eigenvalue weighted by atomic mass is 9.88. The Morgan fingerprint density at radius 2 is 1.93 bits per heavy atom. The van der Waals surface area contributed by atoms with Gasteiger partial charge in [-0.05, 0) is 32.9 Å². The number of rotatable bonds is 6. The smallest absolute Gasteiger partial charge is 0.0484 e. The van der Waals surface area contributed by atoms with Crippen molar-refractivity contribution in [1.82, 2.24) is 4.90 Å². The normalized spacial score (nSPS) is 20.8. The summed E-state index contributed by atoms with van der Waals surface area (Å²) in [7, 11) is 2.22. The summed E-state index contributed by atoms with van der Waals surface area (Å²) in [5.41, 5.74) is 6.16. The molecule has 0 radical (unpaired) electrons. The van der Waals surface area contributed by atoms with Crippen molar-refractivity contribution in [2.75, 3.05) is 33.4 Å². The summed E-state index contributed by atoms with van der Waals surface area (Å²) in [4.78, 5) is 2.46. The van der Waals surface area contributed by atoms with Crippen molar-refractivity contribution in [3.05, 3.63) is 0 Å². The molecule has 3 heteroatoms. The molecule has 0 aromatic rings. The Bertz CT molecular complexity index is 167. The monoisotopic (exact) mass is 214 g/mol. The maximum atomic E-state index is 5.95. The number of hydrogen-bond donors (Lipinski definition) is 1. The van der Waals surface area contributed by atoms with Gasteiger partial charge < -0.3 is 10.5 Å². The molecule has 1 rings (SSSR count). The van der Waals surface area contributed by atoms with Gasteiger partial charge in [-0.25, -0.2) is 0 Å². The van der Waals surface area contributed by atoms with E-state index in [0.717, 1.165) is 32.6 Å². The largest absolute Gasteiger partial charge is 0.381 e. The van der Waals surface area contributed by atoms with Gasteiger partial charge in [-0.3, -0.25) is 4.90 Å². The summed E-state index contributed by atoms with van der Waals surface area (Å²) < 4.78 is 5.42. The highest BCUT2D eigenvalue weighted by Gasteiger charge is 2.34. The molecule has 90 valence electrons. The predicted molar refractivity (Wildman–Crippen MR) is 64.0 cm³/mol. The van der Waals surface area contributed by atoms with E-state index < -0.39 is 0 Å². The fraction of sp³-hybridized carbons (Fsp3) is 1.00. The van der Waals surface area contributed by atoms with E-state index in [4.69, 9.17) is 10.5 Å². The van der Waals surface area contributed by atoms with Crippen molar-refractivity contribution < 1.29 is 4.74 Å². The minimum absolute atomic E-state index is 0.214. The average molecular weight is 214 g/mol. The molecule has 0 aromatic carbocycles. The third-order valence-electron chi connectivity index (χ3n) is 3.71. The summed E-state index contributed by atoms with van der Waals surface area (Å²) in [6, 6.07) is 0. The highest BCUT2D eigenvalue weighted by molar-refractivity contribution is 4.92. The van der Waals surface area contributed by atoms with Crippen LogP contribution in [0.5, 0.6) is 0 Å². The van der Waals surface area contributed by atoms with Crippen LogP contribution in [0, 0.1) is 0 Å². The van der Waals surface area contributed by atoms with Gasteiger partial charge in [0.2, 0.25) is 0 Å². The predicted octanol–water partition coefficient (Wildman–Crippen LogP) is 1.62. The zero-order valence-corrected chi connectivity index (χ0v) is 10.3. The van der Waals surface area contributed by atoms with E-state index in [2.05, 4.69) is 18.9 Å². The van der Waals surface area contributed by atoms with Gasteiger partial charge in [-0.1, -0.05) is 19.8 Å². The number of likely N-dealkylation sites (N-methyl/N-ethyl adjacent to an activating group) is 1. The Morgan fingerprint density at radius 1 is 1.27 bits per heavy atom. The Morgan fingerprint density at radius 3 is 2.47 bits per heavy atom. The van der Waals surface area contributed by atoms with Crippen LogP contribution in [0.4, 0.5) is 0 Å². The van der Waals surface area contributed by atoms with Gasteiger partial charge in [0.15, 0.2) is 0 Å². The molecular weight excluding hydrogens is 188 g/mol. The SMILES string of the molecule is CCCCCN(C)C1(CN)CCOCC1. The van der Waals surface area contributed by atoms with E-state index in [1.807, 2.05) is 0 Å². The Hall–Kier alpha value is -0.120. The highest BCUT2D eigenvalue weighted by atomic mass is 16.5. The van der Waals surface area contributed by atoms with Gasteiger partial charge >= 0.3 is 0 Å². The fourth-order valence-corrected chi connectivity index (χ4v) is 2.33. The maximum absolute atomic E-state index is 5.95. The lowest BCUT2D eigenvalue weighted by Crippen LogP contribution is -2.55. The quantitative estimate of drug-likeness (QED) is 0.683. The van der Waals surface area contributed by atoms with Gasteiger partial charge in [0.1, 0.15) is 0 Å². The lowest BCUT2D eigenvalue weighted by Gasteiger charge is -2.44. The van der Waals surface area contributed by atoms with Crippen molar-refractivity contribution in [1.29, 1.82) is 0 Å². The molecule has 15 heavy (non-hydrogen) atoms. The summed E-state index contributed by atoms with van der Waals surface area (Å²) in [6.07, 6.45) is 6.07. The van der Waals surface area contributed by atoms with Crippen LogP contribution in [0.1, 0.15) is 39.0 Å². The van der Waals surface area contributed by atoms with Crippen LogP contribution in [0.3, 0.4) is 0 Å². The van der Waals surface area contributed by atoms with E-state index in [0.29, 0.717) is 0 Å². The topological polar surface area (TPSA) is 38.5 Å². The first-order valence-corrected chi connectivity index (χ1v) is 6.24. The number of nitrogens with zero attached hydrogens (tertiary/aromatic N) is 1. The molecule has 1 fully saturated rings. The van der Waals surface area contributed by atoms with Crippen LogP contribution in [0.15, 0.2) is 0 Å². The second-order valence-corrected chi connectivity index (χ2v) is 4.67. The molecule has 1 aliphatic rings. The van der Waals surface area contributed by atoms with E-state index in [9.17, 15) is 0 Å². The van der Waals surface area contributed by atoms with Crippen LogP contribution in [0.25, 0.3) is 0 Å². The minimum Gasteiger partial charge on any atom is -0.381 e. The average Bonchev–Trinajstić information content (AvgIpc) is 2.30. The number of nitrogens with two attached hydrogens (primary N) is 1. The summed E-state index contributed by atoms with van der Waals surface area (Å²) >= 11 is 0. The molecule has 2 N–H and O–H groups in total. The molecule has 0 unspecified atom stereocenters. The Labute approximate surface area is 94.0 Å². The lowest BCUT2D eigenvalue weighted by molar-refractivity contribution is -0.0134. The fourth-order valence-electron chi connectivity index (χ4n) is 2.33. The van der Waals surface area contributed by atoms with Crippen molar-refractivity contribution in [3.8, 4) is 0 Å². The molecule has 0 amide bonds.